The maximum absolute atomic E-state index is 12.0. The number of anilines is 1. The number of aromatic nitrogens is 1. The standard InChI is InChI=1S/C16H19N3O2/c1-10-7-11(9-20)13-3-2-4-14(16(13)18-10)19-15(21)8-17-12-5-6-12/h2-4,7,12,17,20H,5-6,8-9H2,1H3,(H,19,21). The van der Waals surface area contributed by atoms with Crippen LogP contribution >= 0.6 is 0 Å². The molecule has 1 saturated carbocycles. The third-order valence-electron chi connectivity index (χ3n) is 3.63. The average Bonchev–Trinajstić information content (AvgIpc) is 3.29. The smallest absolute Gasteiger partial charge is 0.238 e. The fraction of sp³-hybridized carbons (Fsp3) is 0.375. The second-order valence-electron chi connectivity index (χ2n) is 5.49. The van der Waals surface area contributed by atoms with Crippen LogP contribution in [-0.4, -0.2) is 28.6 Å². The van der Waals surface area contributed by atoms with E-state index in [4.69, 9.17) is 0 Å². The number of fused-ring (bicyclic) bond motifs is 1. The highest BCUT2D eigenvalue weighted by atomic mass is 16.3. The summed E-state index contributed by atoms with van der Waals surface area (Å²) in [5, 5.41) is 16.4. The lowest BCUT2D eigenvalue weighted by Crippen LogP contribution is -2.29. The minimum absolute atomic E-state index is 0.0412. The van der Waals surface area contributed by atoms with Crippen molar-refractivity contribution in [3.05, 3.63) is 35.5 Å². The Balaban J connectivity index is 1.86. The van der Waals surface area contributed by atoms with E-state index in [9.17, 15) is 9.90 Å². The van der Waals surface area contributed by atoms with Crippen LogP contribution < -0.4 is 10.6 Å². The van der Waals surface area contributed by atoms with Crippen LogP contribution in [0.1, 0.15) is 24.1 Å². The molecule has 1 fully saturated rings. The van der Waals surface area contributed by atoms with Gasteiger partial charge in [0.25, 0.3) is 0 Å². The molecule has 21 heavy (non-hydrogen) atoms. The van der Waals surface area contributed by atoms with E-state index in [0.29, 0.717) is 18.3 Å². The Bertz CT molecular complexity index is 681. The summed E-state index contributed by atoms with van der Waals surface area (Å²) in [6, 6.07) is 7.98. The Morgan fingerprint density at radius 2 is 2.24 bits per heavy atom. The van der Waals surface area contributed by atoms with E-state index < -0.39 is 0 Å². The van der Waals surface area contributed by atoms with E-state index in [1.807, 2.05) is 31.2 Å². The molecule has 0 bridgehead atoms. The lowest BCUT2D eigenvalue weighted by molar-refractivity contribution is -0.115. The first-order chi connectivity index (χ1) is 10.2. The summed E-state index contributed by atoms with van der Waals surface area (Å²) in [7, 11) is 0. The molecule has 3 N–H and O–H groups in total. The van der Waals surface area contributed by atoms with Crippen molar-refractivity contribution >= 4 is 22.5 Å². The number of amides is 1. The van der Waals surface area contributed by atoms with E-state index in [2.05, 4.69) is 15.6 Å². The number of hydrogen-bond acceptors (Lipinski definition) is 4. The zero-order valence-electron chi connectivity index (χ0n) is 12.0. The maximum atomic E-state index is 12.0. The average molecular weight is 285 g/mol. The second kappa shape index (κ2) is 5.79. The zero-order chi connectivity index (χ0) is 14.8. The van der Waals surface area contributed by atoms with Crippen LogP contribution in [0.2, 0.25) is 0 Å². The molecule has 110 valence electrons. The lowest BCUT2D eigenvalue weighted by Gasteiger charge is -2.11. The molecular formula is C16H19N3O2. The van der Waals surface area contributed by atoms with Gasteiger partial charge in [0.05, 0.1) is 24.4 Å². The number of pyridine rings is 1. The van der Waals surface area contributed by atoms with E-state index >= 15 is 0 Å². The van der Waals surface area contributed by atoms with Crippen LogP contribution in [0.15, 0.2) is 24.3 Å². The predicted molar refractivity (Wildman–Crippen MR) is 82.1 cm³/mol. The summed E-state index contributed by atoms with van der Waals surface area (Å²) >= 11 is 0. The summed E-state index contributed by atoms with van der Waals surface area (Å²) in [5.74, 6) is -0.0664. The zero-order valence-corrected chi connectivity index (χ0v) is 12.0. The number of nitrogens with one attached hydrogen (secondary N) is 2. The molecule has 0 unspecified atom stereocenters. The lowest BCUT2D eigenvalue weighted by atomic mass is 10.1. The third-order valence-corrected chi connectivity index (χ3v) is 3.63. The largest absolute Gasteiger partial charge is 0.392 e. The molecule has 5 nitrogen and oxygen atoms in total. The molecule has 1 aliphatic carbocycles. The molecule has 2 aromatic rings. The van der Waals surface area contributed by atoms with E-state index in [1.54, 1.807) is 0 Å². The van der Waals surface area contributed by atoms with Crippen LogP contribution in [0.25, 0.3) is 10.9 Å². The Kier molecular flexibility index (Phi) is 3.86. The molecular weight excluding hydrogens is 266 g/mol. The molecule has 0 saturated heterocycles. The summed E-state index contributed by atoms with van der Waals surface area (Å²) in [5.41, 5.74) is 3.06. The molecule has 1 aromatic heterocycles. The molecule has 0 spiro atoms. The first-order valence-corrected chi connectivity index (χ1v) is 7.20. The number of aryl methyl sites for hydroxylation is 1. The topological polar surface area (TPSA) is 74.2 Å². The van der Waals surface area contributed by atoms with Gasteiger partial charge in [-0.3, -0.25) is 9.78 Å². The van der Waals surface area contributed by atoms with Gasteiger partial charge in [0, 0.05) is 17.1 Å². The van der Waals surface area contributed by atoms with E-state index in [0.717, 1.165) is 35.0 Å². The number of rotatable bonds is 5. The molecule has 0 radical (unpaired) electrons. The highest BCUT2D eigenvalue weighted by Gasteiger charge is 2.21. The number of para-hydroxylation sites is 1. The molecule has 1 heterocycles. The van der Waals surface area contributed by atoms with E-state index in [-0.39, 0.29) is 12.5 Å². The number of aliphatic hydroxyl groups excluding tert-OH is 1. The Morgan fingerprint density at radius 1 is 1.43 bits per heavy atom. The van der Waals surface area contributed by atoms with E-state index in [1.165, 1.54) is 0 Å². The van der Waals surface area contributed by atoms with Crippen molar-refractivity contribution in [3.8, 4) is 0 Å². The van der Waals surface area contributed by atoms with Crippen LogP contribution in [0, 0.1) is 6.92 Å². The maximum Gasteiger partial charge on any atom is 0.238 e. The highest BCUT2D eigenvalue weighted by molar-refractivity contribution is 6.01. The quantitative estimate of drug-likeness (QED) is 0.782. The molecule has 1 aliphatic rings. The molecule has 0 atom stereocenters. The second-order valence-corrected chi connectivity index (χ2v) is 5.49. The van der Waals surface area contributed by atoms with Crippen molar-refractivity contribution in [2.45, 2.75) is 32.4 Å². The fourth-order valence-corrected chi connectivity index (χ4v) is 2.41. The normalized spacial score (nSPS) is 14.4. The summed E-state index contributed by atoms with van der Waals surface area (Å²) in [4.78, 5) is 16.5. The van der Waals surface area contributed by atoms with Gasteiger partial charge in [-0.25, -0.2) is 0 Å². The first-order valence-electron chi connectivity index (χ1n) is 7.20. The van der Waals surface area contributed by atoms with Gasteiger partial charge in [-0.05, 0) is 37.5 Å². The van der Waals surface area contributed by atoms with Crippen molar-refractivity contribution < 1.29 is 9.90 Å². The van der Waals surface area contributed by atoms with Gasteiger partial charge in [0.1, 0.15) is 0 Å². The van der Waals surface area contributed by atoms with Gasteiger partial charge in [-0.15, -0.1) is 0 Å². The van der Waals surface area contributed by atoms with Crippen molar-refractivity contribution in [2.75, 3.05) is 11.9 Å². The minimum Gasteiger partial charge on any atom is -0.392 e. The molecule has 1 amide bonds. The molecule has 0 aliphatic heterocycles. The molecule has 3 rings (SSSR count). The highest BCUT2D eigenvalue weighted by Crippen LogP contribution is 2.25. The summed E-state index contributed by atoms with van der Waals surface area (Å²) < 4.78 is 0. The van der Waals surface area contributed by atoms with Crippen molar-refractivity contribution in [2.24, 2.45) is 0 Å². The summed E-state index contributed by atoms with van der Waals surface area (Å²) in [6.07, 6.45) is 2.31. The Hall–Kier alpha value is -1.98. The van der Waals surface area contributed by atoms with Crippen molar-refractivity contribution in [1.82, 2.24) is 10.3 Å². The Morgan fingerprint density at radius 3 is 2.95 bits per heavy atom. The molecule has 5 heteroatoms. The van der Waals surface area contributed by atoms with Crippen molar-refractivity contribution in [1.29, 1.82) is 0 Å². The van der Waals surface area contributed by atoms with Gasteiger partial charge in [-0.1, -0.05) is 12.1 Å². The number of carbonyl (C=O) groups excluding carboxylic acids is 1. The number of hydrogen-bond donors (Lipinski definition) is 3. The number of benzene rings is 1. The van der Waals surface area contributed by atoms with Gasteiger partial charge in [-0.2, -0.15) is 0 Å². The van der Waals surface area contributed by atoms with Crippen molar-refractivity contribution in [3.63, 3.8) is 0 Å². The van der Waals surface area contributed by atoms with Crippen LogP contribution in [0.4, 0.5) is 5.69 Å². The van der Waals surface area contributed by atoms with Crippen LogP contribution in [0.5, 0.6) is 0 Å². The first kappa shape index (κ1) is 14.0. The summed E-state index contributed by atoms with van der Waals surface area (Å²) in [6.45, 7) is 2.16. The monoisotopic (exact) mass is 285 g/mol. The van der Waals surface area contributed by atoms with Gasteiger partial charge in [0.2, 0.25) is 5.91 Å². The SMILES string of the molecule is Cc1cc(CO)c2cccc(NC(=O)CNC3CC3)c2n1. The third kappa shape index (κ3) is 3.20. The number of aliphatic hydroxyl groups is 1. The Labute approximate surface area is 123 Å². The van der Waals surface area contributed by atoms with Crippen LogP contribution in [-0.2, 0) is 11.4 Å². The number of carbonyl (C=O) groups is 1. The number of nitrogens with zero attached hydrogens (tertiary/aromatic N) is 1. The fourth-order valence-electron chi connectivity index (χ4n) is 2.41. The van der Waals surface area contributed by atoms with Gasteiger partial charge >= 0.3 is 0 Å². The van der Waals surface area contributed by atoms with Crippen LogP contribution in [0.3, 0.4) is 0 Å². The van der Waals surface area contributed by atoms with Gasteiger partial charge < -0.3 is 15.7 Å². The minimum atomic E-state index is -0.0664. The van der Waals surface area contributed by atoms with Gasteiger partial charge in [0.15, 0.2) is 0 Å². The molecule has 1 aromatic carbocycles. The predicted octanol–water partition coefficient (Wildman–Crippen LogP) is 1.73.